The number of carbonyl (C=O) groups excluding carboxylic acids is 1. The highest BCUT2D eigenvalue weighted by atomic mass is 19.4. The molecular weight excluding hydrogens is 276 g/mol. The van der Waals surface area contributed by atoms with Gasteiger partial charge in [-0.1, -0.05) is 6.07 Å². The minimum atomic E-state index is -4.81. The molecule has 20 heavy (non-hydrogen) atoms. The molecule has 110 valence electrons. The van der Waals surface area contributed by atoms with Gasteiger partial charge in [0, 0.05) is 12.6 Å². The van der Waals surface area contributed by atoms with Crippen molar-refractivity contribution in [3.05, 3.63) is 35.1 Å². The van der Waals surface area contributed by atoms with Crippen molar-refractivity contribution < 1.29 is 22.4 Å². The third-order valence-corrected chi connectivity index (χ3v) is 3.18. The first-order valence-electron chi connectivity index (χ1n) is 6.27. The van der Waals surface area contributed by atoms with Crippen LogP contribution >= 0.6 is 0 Å². The molecule has 0 aliphatic carbocycles. The average Bonchev–Trinajstić information content (AvgIpc) is 2.38. The van der Waals surface area contributed by atoms with E-state index in [4.69, 9.17) is 0 Å². The summed E-state index contributed by atoms with van der Waals surface area (Å²) >= 11 is 0. The van der Waals surface area contributed by atoms with Crippen LogP contribution in [0.25, 0.3) is 0 Å². The fraction of sp³-hybridized carbons (Fsp3) is 0.462. The van der Waals surface area contributed by atoms with Crippen LogP contribution in [0.5, 0.6) is 0 Å². The lowest BCUT2D eigenvalue weighted by atomic mass is 10.1. The summed E-state index contributed by atoms with van der Waals surface area (Å²) in [6, 6.07) is 2.51. The van der Waals surface area contributed by atoms with E-state index in [1.54, 1.807) is 0 Å². The Bertz CT molecular complexity index is 496. The molecule has 0 bridgehead atoms. The summed E-state index contributed by atoms with van der Waals surface area (Å²) < 4.78 is 51.5. The second-order valence-corrected chi connectivity index (χ2v) is 4.68. The van der Waals surface area contributed by atoms with Gasteiger partial charge in [0.15, 0.2) is 0 Å². The summed E-state index contributed by atoms with van der Waals surface area (Å²) in [4.78, 5) is 11.9. The smallest absolute Gasteiger partial charge is 0.348 e. The molecule has 1 heterocycles. The van der Waals surface area contributed by atoms with Crippen LogP contribution in [0, 0.1) is 5.82 Å². The zero-order valence-electron chi connectivity index (χ0n) is 10.6. The molecular formula is C13H14F4N2O. The Morgan fingerprint density at radius 1 is 1.35 bits per heavy atom. The Morgan fingerprint density at radius 3 is 2.70 bits per heavy atom. The minimum Gasteiger partial charge on any atom is -0.348 e. The molecule has 0 unspecified atom stereocenters. The third-order valence-electron chi connectivity index (χ3n) is 3.18. The summed E-state index contributed by atoms with van der Waals surface area (Å²) in [6.45, 7) is 1.37. The first-order valence-corrected chi connectivity index (χ1v) is 6.27. The Labute approximate surface area is 113 Å². The summed E-state index contributed by atoms with van der Waals surface area (Å²) in [5.74, 6) is -2.34. The average molecular weight is 290 g/mol. The number of piperidine rings is 1. The maximum atomic E-state index is 13.8. The van der Waals surface area contributed by atoms with Crippen LogP contribution in [0.1, 0.15) is 28.8 Å². The molecule has 1 fully saturated rings. The number of benzene rings is 1. The van der Waals surface area contributed by atoms with E-state index < -0.39 is 29.0 Å². The fourth-order valence-electron chi connectivity index (χ4n) is 2.16. The van der Waals surface area contributed by atoms with Gasteiger partial charge in [0.05, 0.1) is 11.1 Å². The number of hydrogen-bond acceptors (Lipinski definition) is 2. The molecule has 1 amide bonds. The van der Waals surface area contributed by atoms with Crippen LogP contribution in [0.3, 0.4) is 0 Å². The number of carbonyl (C=O) groups is 1. The lowest BCUT2D eigenvalue weighted by Crippen LogP contribution is -2.45. The number of nitrogens with one attached hydrogen (secondary N) is 2. The number of alkyl halides is 3. The Morgan fingerprint density at radius 2 is 2.10 bits per heavy atom. The highest BCUT2D eigenvalue weighted by molar-refractivity contribution is 5.94. The Hall–Kier alpha value is -1.63. The van der Waals surface area contributed by atoms with Crippen molar-refractivity contribution in [2.24, 2.45) is 0 Å². The predicted molar refractivity (Wildman–Crippen MR) is 64.8 cm³/mol. The number of hydrogen-bond donors (Lipinski definition) is 2. The van der Waals surface area contributed by atoms with E-state index >= 15 is 0 Å². The van der Waals surface area contributed by atoms with Crippen molar-refractivity contribution >= 4 is 5.91 Å². The molecule has 0 saturated carbocycles. The molecule has 2 rings (SSSR count). The quantitative estimate of drug-likeness (QED) is 0.821. The van der Waals surface area contributed by atoms with Crippen LogP contribution in [-0.2, 0) is 6.18 Å². The Balaban J connectivity index is 2.17. The van der Waals surface area contributed by atoms with Gasteiger partial charge in [-0.2, -0.15) is 13.2 Å². The molecule has 1 aliphatic rings. The largest absolute Gasteiger partial charge is 0.419 e. The molecule has 1 aliphatic heterocycles. The van der Waals surface area contributed by atoms with Gasteiger partial charge in [-0.25, -0.2) is 4.39 Å². The van der Waals surface area contributed by atoms with Crippen molar-refractivity contribution in [1.82, 2.24) is 10.6 Å². The van der Waals surface area contributed by atoms with Crippen molar-refractivity contribution in [3.63, 3.8) is 0 Å². The Kier molecular flexibility index (Phi) is 4.27. The predicted octanol–water partition coefficient (Wildman–Crippen LogP) is 2.33. The van der Waals surface area contributed by atoms with Gasteiger partial charge in [-0.05, 0) is 31.5 Å². The first-order chi connectivity index (χ1) is 9.39. The van der Waals surface area contributed by atoms with Gasteiger partial charge in [0.1, 0.15) is 5.82 Å². The molecule has 7 heteroatoms. The maximum absolute atomic E-state index is 13.8. The lowest BCUT2D eigenvalue weighted by molar-refractivity contribution is -0.140. The molecule has 1 atom stereocenters. The van der Waals surface area contributed by atoms with Crippen LogP contribution in [0.15, 0.2) is 18.2 Å². The number of rotatable bonds is 2. The molecule has 0 aromatic heterocycles. The molecule has 1 saturated heterocycles. The standard InChI is InChI=1S/C13H14F4N2O/c14-11-9(4-1-5-10(11)13(15,16)17)12(20)19-8-3-2-6-18-7-8/h1,4-5,8,18H,2-3,6-7H2,(H,19,20)/t8-/m0/s1. The van der Waals surface area contributed by atoms with Gasteiger partial charge >= 0.3 is 6.18 Å². The summed E-state index contributed by atoms with van der Waals surface area (Å²) in [5.41, 5.74) is -2.00. The number of amides is 1. The highest BCUT2D eigenvalue weighted by Gasteiger charge is 2.35. The molecule has 1 aromatic carbocycles. The molecule has 0 radical (unpaired) electrons. The van der Waals surface area contributed by atoms with Gasteiger partial charge in [-0.3, -0.25) is 4.79 Å². The third kappa shape index (κ3) is 3.27. The van der Waals surface area contributed by atoms with E-state index in [9.17, 15) is 22.4 Å². The fourth-order valence-corrected chi connectivity index (χ4v) is 2.16. The van der Waals surface area contributed by atoms with Crippen molar-refractivity contribution in [2.75, 3.05) is 13.1 Å². The van der Waals surface area contributed by atoms with Crippen molar-refractivity contribution in [2.45, 2.75) is 25.1 Å². The summed E-state index contributed by atoms with van der Waals surface area (Å²) in [6.07, 6.45) is -3.23. The van der Waals surface area contributed by atoms with Crippen LogP contribution in [0.4, 0.5) is 17.6 Å². The number of halogens is 4. The zero-order valence-corrected chi connectivity index (χ0v) is 10.6. The summed E-state index contributed by atoms with van der Waals surface area (Å²) in [5, 5.41) is 5.60. The van der Waals surface area contributed by atoms with E-state index in [0.717, 1.165) is 31.5 Å². The van der Waals surface area contributed by atoms with Crippen LogP contribution < -0.4 is 10.6 Å². The van der Waals surface area contributed by atoms with Gasteiger partial charge in [0.2, 0.25) is 0 Å². The van der Waals surface area contributed by atoms with Crippen molar-refractivity contribution in [1.29, 1.82) is 0 Å². The second-order valence-electron chi connectivity index (χ2n) is 4.68. The molecule has 1 aromatic rings. The zero-order chi connectivity index (χ0) is 14.8. The molecule has 0 spiro atoms. The van der Waals surface area contributed by atoms with E-state index in [0.29, 0.717) is 12.6 Å². The van der Waals surface area contributed by atoms with E-state index in [1.807, 2.05) is 0 Å². The monoisotopic (exact) mass is 290 g/mol. The van der Waals surface area contributed by atoms with Gasteiger partial charge in [-0.15, -0.1) is 0 Å². The summed E-state index contributed by atoms with van der Waals surface area (Å²) in [7, 11) is 0. The topological polar surface area (TPSA) is 41.1 Å². The SMILES string of the molecule is O=C(N[C@H]1CCCNC1)c1cccc(C(F)(F)F)c1F. The van der Waals surface area contributed by atoms with Gasteiger partial charge < -0.3 is 10.6 Å². The van der Waals surface area contributed by atoms with Crippen LogP contribution in [0.2, 0.25) is 0 Å². The van der Waals surface area contributed by atoms with E-state index in [1.165, 1.54) is 0 Å². The van der Waals surface area contributed by atoms with Crippen LogP contribution in [-0.4, -0.2) is 25.0 Å². The minimum absolute atomic E-state index is 0.190. The maximum Gasteiger partial charge on any atom is 0.419 e. The van der Waals surface area contributed by atoms with E-state index in [2.05, 4.69) is 10.6 Å². The second kappa shape index (κ2) is 5.78. The lowest BCUT2D eigenvalue weighted by Gasteiger charge is -2.24. The van der Waals surface area contributed by atoms with Crippen molar-refractivity contribution in [3.8, 4) is 0 Å². The normalized spacial score (nSPS) is 19.7. The molecule has 3 nitrogen and oxygen atoms in total. The van der Waals surface area contributed by atoms with E-state index in [-0.39, 0.29) is 6.04 Å². The molecule has 2 N–H and O–H groups in total. The highest BCUT2D eigenvalue weighted by Crippen LogP contribution is 2.32. The van der Waals surface area contributed by atoms with Gasteiger partial charge in [0.25, 0.3) is 5.91 Å². The first kappa shape index (κ1) is 14.8.